The first-order chi connectivity index (χ1) is 8.63. The summed E-state index contributed by atoms with van der Waals surface area (Å²) in [6.07, 6.45) is 0.609. The van der Waals surface area contributed by atoms with Crippen LogP contribution in [0.5, 0.6) is 0 Å². The lowest BCUT2D eigenvalue weighted by atomic mass is 9.97. The molecule has 0 aliphatic heterocycles. The Morgan fingerprint density at radius 2 is 1.89 bits per heavy atom. The highest BCUT2D eigenvalue weighted by atomic mass is 16.5. The molecule has 18 heavy (non-hydrogen) atoms. The molecule has 0 aliphatic rings. The second-order valence-corrected chi connectivity index (χ2v) is 5.11. The zero-order valence-electron chi connectivity index (χ0n) is 11.6. The van der Waals surface area contributed by atoms with E-state index in [1.165, 1.54) is 5.56 Å². The van der Waals surface area contributed by atoms with Gasteiger partial charge in [0, 0.05) is 19.7 Å². The quantitative estimate of drug-likeness (QED) is 0.745. The molecule has 1 aromatic carbocycles. The van der Waals surface area contributed by atoms with Crippen LogP contribution in [0.2, 0.25) is 0 Å². The van der Waals surface area contributed by atoms with Crippen molar-refractivity contribution in [2.45, 2.75) is 32.4 Å². The molecule has 0 spiro atoms. The van der Waals surface area contributed by atoms with Crippen LogP contribution in [0.1, 0.15) is 31.9 Å². The Balaban J connectivity index is 2.56. The van der Waals surface area contributed by atoms with E-state index in [2.05, 4.69) is 43.4 Å². The number of ether oxygens (including phenoxy) is 1. The van der Waals surface area contributed by atoms with Gasteiger partial charge in [0.15, 0.2) is 0 Å². The van der Waals surface area contributed by atoms with Gasteiger partial charge in [0.1, 0.15) is 0 Å². The molecule has 3 heteroatoms. The second-order valence-electron chi connectivity index (χ2n) is 5.11. The lowest BCUT2D eigenvalue weighted by Gasteiger charge is -2.22. The molecular weight excluding hydrogens is 226 g/mol. The molecule has 0 aliphatic carbocycles. The fraction of sp³-hybridized carbons (Fsp3) is 0.600. The highest BCUT2D eigenvalue weighted by Gasteiger charge is 2.14. The average Bonchev–Trinajstić information content (AvgIpc) is 2.35. The first-order valence-corrected chi connectivity index (χ1v) is 6.58. The molecule has 3 nitrogen and oxygen atoms in total. The molecule has 0 amide bonds. The first-order valence-electron chi connectivity index (χ1n) is 6.58. The first kappa shape index (κ1) is 15.2. The number of rotatable bonds is 8. The third kappa shape index (κ3) is 5.63. The van der Waals surface area contributed by atoms with Gasteiger partial charge < -0.3 is 15.2 Å². The van der Waals surface area contributed by atoms with Gasteiger partial charge in [-0.3, -0.25) is 0 Å². The van der Waals surface area contributed by atoms with Gasteiger partial charge in [0.2, 0.25) is 0 Å². The minimum Gasteiger partial charge on any atom is -0.389 e. The van der Waals surface area contributed by atoms with Crippen molar-refractivity contribution in [2.75, 3.05) is 20.3 Å². The lowest BCUT2D eigenvalue weighted by Crippen LogP contribution is -2.33. The molecule has 2 unspecified atom stereocenters. The number of methoxy groups -OCH3 is 1. The summed E-state index contributed by atoms with van der Waals surface area (Å²) >= 11 is 0. The summed E-state index contributed by atoms with van der Waals surface area (Å²) in [5.41, 5.74) is 1.27. The van der Waals surface area contributed by atoms with Crippen LogP contribution in [0, 0.1) is 5.92 Å². The van der Waals surface area contributed by atoms with Crippen molar-refractivity contribution >= 4 is 0 Å². The van der Waals surface area contributed by atoms with Crippen molar-refractivity contribution < 1.29 is 9.84 Å². The van der Waals surface area contributed by atoms with Gasteiger partial charge in [0.25, 0.3) is 0 Å². The molecule has 1 rings (SSSR count). The largest absolute Gasteiger partial charge is 0.389 e. The molecule has 0 bridgehead atoms. The van der Waals surface area contributed by atoms with Crippen molar-refractivity contribution in [2.24, 2.45) is 5.92 Å². The fourth-order valence-corrected chi connectivity index (χ4v) is 2.02. The van der Waals surface area contributed by atoms with Gasteiger partial charge in [0.05, 0.1) is 12.7 Å². The summed E-state index contributed by atoms with van der Waals surface area (Å²) in [4.78, 5) is 0. The van der Waals surface area contributed by atoms with E-state index in [0.29, 0.717) is 19.1 Å². The number of aliphatic hydroxyl groups excluding tert-OH is 1. The normalized spacial score (nSPS) is 14.7. The molecule has 2 atom stereocenters. The van der Waals surface area contributed by atoms with E-state index in [9.17, 15) is 5.11 Å². The summed E-state index contributed by atoms with van der Waals surface area (Å²) in [5, 5.41) is 13.1. The van der Waals surface area contributed by atoms with Crippen LogP contribution in [0.25, 0.3) is 0 Å². The van der Waals surface area contributed by atoms with Gasteiger partial charge in [-0.05, 0) is 17.9 Å². The van der Waals surface area contributed by atoms with Crippen LogP contribution >= 0.6 is 0 Å². The van der Waals surface area contributed by atoms with Crippen LogP contribution in [0.4, 0.5) is 0 Å². The molecular formula is C15H25NO2. The van der Waals surface area contributed by atoms with E-state index in [4.69, 9.17) is 4.74 Å². The standard InChI is InChI=1S/C15H25NO2/c1-12(2)9-15(13-7-5-4-6-8-13)16-10-14(17)11-18-3/h4-8,12,14-17H,9-11H2,1-3H3. The number of benzene rings is 1. The van der Waals surface area contributed by atoms with E-state index in [1.807, 2.05) is 6.07 Å². The van der Waals surface area contributed by atoms with Crippen molar-refractivity contribution in [3.63, 3.8) is 0 Å². The van der Waals surface area contributed by atoms with Crippen LogP contribution in [-0.4, -0.2) is 31.5 Å². The monoisotopic (exact) mass is 251 g/mol. The maximum atomic E-state index is 9.69. The van der Waals surface area contributed by atoms with Gasteiger partial charge in [-0.2, -0.15) is 0 Å². The van der Waals surface area contributed by atoms with E-state index >= 15 is 0 Å². The maximum Gasteiger partial charge on any atom is 0.0897 e. The van der Waals surface area contributed by atoms with Gasteiger partial charge in [-0.1, -0.05) is 44.2 Å². The zero-order valence-corrected chi connectivity index (χ0v) is 11.6. The van der Waals surface area contributed by atoms with Crippen LogP contribution in [0.3, 0.4) is 0 Å². The second kappa shape index (κ2) is 8.25. The predicted molar refractivity (Wildman–Crippen MR) is 74.5 cm³/mol. The molecule has 102 valence electrons. The van der Waals surface area contributed by atoms with Gasteiger partial charge >= 0.3 is 0 Å². The van der Waals surface area contributed by atoms with Crippen molar-refractivity contribution in [1.29, 1.82) is 0 Å². The zero-order chi connectivity index (χ0) is 13.4. The molecule has 0 aromatic heterocycles. The molecule has 0 heterocycles. The Kier molecular flexibility index (Phi) is 6.94. The molecule has 2 N–H and O–H groups in total. The van der Waals surface area contributed by atoms with Crippen LogP contribution in [0.15, 0.2) is 30.3 Å². The topological polar surface area (TPSA) is 41.5 Å². The summed E-state index contributed by atoms with van der Waals surface area (Å²) in [5.74, 6) is 0.613. The highest BCUT2D eigenvalue weighted by molar-refractivity contribution is 5.18. The Bertz CT molecular complexity index is 314. The van der Waals surface area contributed by atoms with E-state index < -0.39 is 6.10 Å². The summed E-state index contributed by atoms with van der Waals surface area (Å²) in [7, 11) is 1.60. The van der Waals surface area contributed by atoms with Crippen molar-refractivity contribution in [3.05, 3.63) is 35.9 Å². The third-order valence-corrected chi connectivity index (χ3v) is 2.87. The Morgan fingerprint density at radius 1 is 1.22 bits per heavy atom. The van der Waals surface area contributed by atoms with Crippen LogP contribution < -0.4 is 5.32 Å². The fourth-order valence-electron chi connectivity index (χ4n) is 2.02. The Labute approximate surface area is 110 Å². The maximum absolute atomic E-state index is 9.69. The number of hydrogen-bond acceptors (Lipinski definition) is 3. The minimum absolute atomic E-state index is 0.290. The van der Waals surface area contributed by atoms with E-state index in [-0.39, 0.29) is 6.04 Å². The van der Waals surface area contributed by atoms with Gasteiger partial charge in [-0.25, -0.2) is 0 Å². The number of nitrogens with one attached hydrogen (secondary N) is 1. The lowest BCUT2D eigenvalue weighted by molar-refractivity contribution is 0.0621. The SMILES string of the molecule is COCC(O)CNC(CC(C)C)c1ccccc1. The van der Waals surface area contributed by atoms with Crippen molar-refractivity contribution in [1.82, 2.24) is 5.32 Å². The molecule has 0 saturated carbocycles. The number of hydrogen-bond donors (Lipinski definition) is 2. The Hall–Kier alpha value is -0.900. The Morgan fingerprint density at radius 3 is 2.44 bits per heavy atom. The van der Waals surface area contributed by atoms with E-state index in [0.717, 1.165) is 6.42 Å². The van der Waals surface area contributed by atoms with E-state index in [1.54, 1.807) is 7.11 Å². The van der Waals surface area contributed by atoms with Crippen LogP contribution in [-0.2, 0) is 4.74 Å². The summed E-state index contributed by atoms with van der Waals surface area (Å²) in [6, 6.07) is 10.7. The molecule has 0 fully saturated rings. The van der Waals surface area contributed by atoms with Gasteiger partial charge in [-0.15, -0.1) is 0 Å². The molecule has 0 radical (unpaired) electrons. The molecule has 0 saturated heterocycles. The smallest absolute Gasteiger partial charge is 0.0897 e. The van der Waals surface area contributed by atoms with Crippen molar-refractivity contribution in [3.8, 4) is 0 Å². The predicted octanol–water partition coefficient (Wildman–Crippen LogP) is 2.37. The number of aliphatic hydroxyl groups is 1. The minimum atomic E-state index is -0.451. The summed E-state index contributed by atoms with van der Waals surface area (Å²) < 4.78 is 4.93. The third-order valence-electron chi connectivity index (χ3n) is 2.87. The average molecular weight is 251 g/mol. The molecule has 1 aromatic rings. The summed E-state index contributed by atoms with van der Waals surface area (Å²) in [6.45, 7) is 5.35. The highest BCUT2D eigenvalue weighted by Crippen LogP contribution is 2.20.